The highest BCUT2D eigenvalue weighted by molar-refractivity contribution is 6.00. The van der Waals surface area contributed by atoms with Crippen molar-refractivity contribution in [2.45, 2.75) is 24.9 Å². The maximum atomic E-state index is 13.2. The lowest BCUT2D eigenvalue weighted by atomic mass is 9.87. The SMILES string of the molecule is O=C(c1ccccc1-c1ccc[nH]1)N1CCC2(CC1)Cc1ccccc1O2. The maximum absolute atomic E-state index is 13.2. The molecule has 0 bridgehead atoms. The number of amides is 1. The van der Waals surface area contributed by atoms with Crippen LogP contribution in [0.2, 0.25) is 0 Å². The number of benzene rings is 2. The van der Waals surface area contributed by atoms with Crippen molar-refractivity contribution in [3.05, 3.63) is 78.0 Å². The van der Waals surface area contributed by atoms with Crippen LogP contribution in [0.3, 0.4) is 0 Å². The number of ether oxygens (including phenoxy) is 1. The van der Waals surface area contributed by atoms with Gasteiger partial charge in [-0.15, -0.1) is 0 Å². The molecule has 3 aromatic rings. The van der Waals surface area contributed by atoms with Gasteiger partial charge in [-0.05, 0) is 29.8 Å². The third-order valence-corrected chi connectivity index (χ3v) is 5.82. The number of nitrogens with one attached hydrogen (secondary N) is 1. The molecule has 0 saturated carbocycles. The number of hydrogen-bond donors (Lipinski definition) is 1. The second kappa shape index (κ2) is 6.31. The van der Waals surface area contributed by atoms with Crippen LogP contribution < -0.4 is 4.74 Å². The van der Waals surface area contributed by atoms with Crippen molar-refractivity contribution in [3.8, 4) is 17.0 Å². The average Bonchev–Trinajstić information content (AvgIpc) is 3.36. The molecule has 2 aliphatic rings. The quantitative estimate of drug-likeness (QED) is 0.743. The summed E-state index contributed by atoms with van der Waals surface area (Å²) in [6.45, 7) is 1.46. The number of aromatic nitrogens is 1. The molecular weight excluding hydrogens is 336 g/mol. The van der Waals surface area contributed by atoms with Gasteiger partial charge in [0.15, 0.2) is 0 Å². The molecule has 3 heterocycles. The molecule has 1 spiro atoms. The summed E-state index contributed by atoms with van der Waals surface area (Å²) in [5.74, 6) is 1.11. The van der Waals surface area contributed by atoms with Gasteiger partial charge in [-0.2, -0.15) is 0 Å². The van der Waals surface area contributed by atoms with Crippen LogP contribution in [-0.2, 0) is 6.42 Å². The first-order valence-electron chi connectivity index (χ1n) is 9.53. The van der Waals surface area contributed by atoms with Gasteiger partial charge in [0.1, 0.15) is 11.4 Å². The molecule has 4 nitrogen and oxygen atoms in total. The number of fused-ring (bicyclic) bond motifs is 1. The molecule has 136 valence electrons. The lowest BCUT2D eigenvalue weighted by Crippen LogP contribution is -2.49. The van der Waals surface area contributed by atoms with Gasteiger partial charge in [-0.3, -0.25) is 4.79 Å². The fourth-order valence-corrected chi connectivity index (χ4v) is 4.33. The van der Waals surface area contributed by atoms with E-state index >= 15 is 0 Å². The van der Waals surface area contributed by atoms with Crippen LogP contribution in [0.4, 0.5) is 0 Å². The molecule has 0 unspecified atom stereocenters. The van der Waals surface area contributed by atoms with E-state index < -0.39 is 0 Å². The maximum Gasteiger partial charge on any atom is 0.254 e. The minimum Gasteiger partial charge on any atom is -0.487 e. The first-order valence-corrected chi connectivity index (χ1v) is 9.53. The summed E-state index contributed by atoms with van der Waals surface area (Å²) in [6, 6.07) is 20.1. The van der Waals surface area contributed by atoms with Crippen LogP contribution in [0.15, 0.2) is 66.9 Å². The Balaban J connectivity index is 1.33. The molecule has 5 rings (SSSR count). The highest BCUT2D eigenvalue weighted by Crippen LogP contribution is 2.41. The van der Waals surface area contributed by atoms with E-state index in [2.05, 4.69) is 17.1 Å². The zero-order valence-corrected chi connectivity index (χ0v) is 15.2. The molecule has 1 saturated heterocycles. The Morgan fingerprint density at radius 2 is 1.74 bits per heavy atom. The fraction of sp³-hybridized carbons (Fsp3) is 0.261. The minimum atomic E-state index is -0.139. The standard InChI is InChI=1S/C23H22N2O2/c26-22(19-8-3-2-7-18(19)20-9-5-13-24-20)25-14-11-23(12-15-25)16-17-6-1-4-10-21(17)27-23/h1-10,13,24H,11-12,14-16H2. The smallest absolute Gasteiger partial charge is 0.254 e. The summed E-state index contributed by atoms with van der Waals surface area (Å²) in [6.07, 6.45) is 4.58. The van der Waals surface area contributed by atoms with Gasteiger partial charge in [0.2, 0.25) is 0 Å². The molecular formula is C23H22N2O2. The summed E-state index contributed by atoms with van der Waals surface area (Å²) < 4.78 is 6.31. The predicted octanol–water partition coefficient (Wildman–Crippen LogP) is 4.29. The van der Waals surface area contributed by atoms with Crippen LogP contribution in [-0.4, -0.2) is 34.5 Å². The van der Waals surface area contributed by atoms with Gasteiger partial charge in [0.25, 0.3) is 5.91 Å². The monoisotopic (exact) mass is 358 g/mol. The van der Waals surface area contributed by atoms with Crippen LogP contribution in [0.1, 0.15) is 28.8 Å². The lowest BCUT2D eigenvalue weighted by Gasteiger charge is -2.38. The largest absolute Gasteiger partial charge is 0.487 e. The molecule has 0 atom stereocenters. The average molecular weight is 358 g/mol. The number of para-hydroxylation sites is 1. The van der Waals surface area contributed by atoms with E-state index in [0.29, 0.717) is 0 Å². The third kappa shape index (κ3) is 2.81. The van der Waals surface area contributed by atoms with Crippen LogP contribution in [0.5, 0.6) is 5.75 Å². The molecule has 27 heavy (non-hydrogen) atoms. The minimum absolute atomic E-state index is 0.102. The van der Waals surface area contributed by atoms with E-state index in [0.717, 1.165) is 54.9 Å². The Bertz CT molecular complexity index is 943. The Morgan fingerprint density at radius 1 is 0.963 bits per heavy atom. The Kier molecular flexibility index (Phi) is 3.78. The number of rotatable bonds is 2. The first kappa shape index (κ1) is 16.2. The number of carbonyl (C=O) groups is 1. The second-order valence-corrected chi connectivity index (χ2v) is 7.49. The van der Waals surface area contributed by atoms with Crippen molar-refractivity contribution in [1.82, 2.24) is 9.88 Å². The molecule has 0 radical (unpaired) electrons. The topological polar surface area (TPSA) is 45.3 Å². The number of aromatic amines is 1. The summed E-state index contributed by atoms with van der Waals surface area (Å²) in [5, 5.41) is 0. The number of likely N-dealkylation sites (tertiary alicyclic amines) is 1. The molecule has 0 aliphatic carbocycles. The lowest BCUT2D eigenvalue weighted by molar-refractivity contribution is 0.0189. The van der Waals surface area contributed by atoms with Crippen molar-refractivity contribution in [2.75, 3.05) is 13.1 Å². The van der Waals surface area contributed by atoms with E-state index in [9.17, 15) is 4.79 Å². The summed E-state index contributed by atoms with van der Waals surface area (Å²) in [5.41, 5.74) is 3.83. The van der Waals surface area contributed by atoms with Crippen LogP contribution in [0.25, 0.3) is 11.3 Å². The number of hydrogen-bond acceptors (Lipinski definition) is 2. The zero-order chi connectivity index (χ0) is 18.3. The van der Waals surface area contributed by atoms with Crippen LogP contribution in [0, 0.1) is 0 Å². The number of carbonyl (C=O) groups excluding carboxylic acids is 1. The molecule has 1 amide bonds. The normalized spacial score (nSPS) is 17.6. The van der Waals surface area contributed by atoms with Gasteiger partial charge in [-0.1, -0.05) is 36.4 Å². The summed E-state index contributed by atoms with van der Waals surface area (Å²) >= 11 is 0. The van der Waals surface area contributed by atoms with Crippen molar-refractivity contribution in [2.24, 2.45) is 0 Å². The molecule has 1 fully saturated rings. The zero-order valence-electron chi connectivity index (χ0n) is 15.2. The van der Waals surface area contributed by atoms with Crippen molar-refractivity contribution in [1.29, 1.82) is 0 Å². The second-order valence-electron chi connectivity index (χ2n) is 7.49. The Hall–Kier alpha value is -3.01. The predicted molar refractivity (Wildman–Crippen MR) is 105 cm³/mol. The molecule has 2 aliphatic heterocycles. The highest BCUT2D eigenvalue weighted by Gasteiger charge is 2.42. The highest BCUT2D eigenvalue weighted by atomic mass is 16.5. The van der Waals surface area contributed by atoms with Crippen molar-refractivity contribution in [3.63, 3.8) is 0 Å². The van der Waals surface area contributed by atoms with E-state index in [-0.39, 0.29) is 11.5 Å². The van der Waals surface area contributed by atoms with E-state index in [1.165, 1.54) is 5.56 Å². The molecule has 1 aromatic heterocycles. The number of piperidine rings is 1. The number of H-pyrrole nitrogens is 1. The Labute approximate surface area is 158 Å². The van der Waals surface area contributed by atoms with Crippen molar-refractivity contribution < 1.29 is 9.53 Å². The van der Waals surface area contributed by atoms with E-state index in [1.54, 1.807) is 0 Å². The molecule has 2 aromatic carbocycles. The molecule has 1 N–H and O–H groups in total. The third-order valence-electron chi connectivity index (χ3n) is 5.82. The van der Waals surface area contributed by atoms with Gasteiger partial charge in [-0.25, -0.2) is 0 Å². The first-order chi connectivity index (χ1) is 13.2. The summed E-state index contributed by atoms with van der Waals surface area (Å²) in [4.78, 5) is 18.4. The van der Waals surface area contributed by atoms with Crippen molar-refractivity contribution >= 4 is 5.91 Å². The van der Waals surface area contributed by atoms with Crippen LogP contribution >= 0.6 is 0 Å². The summed E-state index contributed by atoms with van der Waals surface area (Å²) in [7, 11) is 0. The van der Waals surface area contributed by atoms with Gasteiger partial charge in [0, 0.05) is 55.4 Å². The van der Waals surface area contributed by atoms with E-state index in [1.807, 2.05) is 59.6 Å². The number of nitrogens with zero attached hydrogens (tertiary/aromatic N) is 1. The molecule has 4 heteroatoms. The van der Waals surface area contributed by atoms with Gasteiger partial charge < -0.3 is 14.6 Å². The van der Waals surface area contributed by atoms with Gasteiger partial charge in [0.05, 0.1) is 0 Å². The fourth-order valence-electron chi connectivity index (χ4n) is 4.33. The Morgan fingerprint density at radius 3 is 2.52 bits per heavy atom. The van der Waals surface area contributed by atoms with Gasteiger partial charge >= 0.3 is 0 Å². The van der Waals surface area contributed by atoms with E-state index in [4.69, 9.17) is 4.74 Å².